The normalized spacial score (nSPS) is 25.2. The second-order valence-electron chi connectivity index (χ2n) is 5.32. The maximum Gasteiger partial charge on any atom is 0.133 e. The zero-order valence-corrected chi connectivity index (χ0v) is 10.9. The summed E-state index contributed by atoms with van der Waals surface area (Å²) >= 11 is 0. The monoisotopic (exact) mass is 260 g/mol. The number of aldehydes is 1. The summed E-state index contributed by atoms with van der Waals surface area (Å²) in [5.74, 6) is 0.671. The number of benzene rings is 1. The number of fused-ring (bicyclic) bond motifs is 1. The number of rotatable bonds is 5. The lowest BCUT2D eigenvalue weighted by Crippen LogP contribution is -2.39. The SMILES string of the molecule is O=CCN[C@@H]1CC[C@H](CN2NNc3ccccc32)C1. The lowest BCUT2D eigenvalue weighted by molar-refractivity contribution is -0.107. The minimum Gasteiger partial charge on any atom is -0.307 e. The summed E-state index contributed by atoms with van der Waals surface area (Å²) in [5, 5.41) is 5.47. The minimum absolute atomic E-state index is 0.476. The second kappa shape index (κ2) is 5.59. The lowest BCUT2D eigenvalue weighted by atomic mass is 10.1. The average Bonchev–Trinajstić information content (AvgIpc) is 3.05. The van der Waals surface area contributed by atoms with Crippen LogP contribution < -0.4 is 21.3 Å². The molecule has 0 aromatic heterocycles. The maximum atomic E-state index is 10.4. The Morgan fingerprint density at radius 1 is 1.37 bits per heavy atom. The van der Waals surface area contributed by atoms with Crippen molar-refractivity contribution < 1.29 is 4.79 Å². The van der Waals surface area contributed by atoms with E-state index >= 15 is 0 Å². The number of hydrogen-bond acceptors (Lipinski definition) is 5. The first kappa shape index (κ1) is 12.4. The van der Waals surface area contributed by atoms with Crippen LogP contribution in [-0.2, 0) is 4.79 Å². The number of nitrogens with zero attached hydrogens (tertiary/aromatic N) is 1. The molecule has 0 unspecified atom stereocenters. The van der Waals surface area contributed by atoms with Crippen molar-refractivity contribution in [2.75, 3.05) is 23.5 Å². The number of para-hydroxylation sites is 2. The quantitative estimate of drug-likeness (QED) is 0.697. The number of hydrazine groups is 2. The van der Waals surface area contributed by atoms with Crippen LogP contribution in [0, 0.1) is 5.92 Å². The van der Waals surface area contributed by atoms with E-state index in [-0.39, 0.29) is 0 Å². The van der Waals surface area contributed by atoms with E-state index in [4.69, 9.17) is 0 Å². The third-order valence-corrected chi connectivity index (χ3v) is 3.99. The predicted octanol–water partition coefficient (Wildman–Crippen LogP) is 1.30. The molecule has 0 amide bonds. The van der Waals surface area contributed by atoms with Crippen LogP contribution in [0.4, 0.5) is 11.4 Å². The summed E-state index contributed by atoms with van der Waals surface area (Å²) in [5.41, 5.74) is 8.75. The Kier molecular flexibility index (Phi) is 3.66. The first-order valence-electron chi connectivity index (χ1n) is 6.92. The highest BCUT2D eigenvalue weighted by Gasteiger charge is 2.28. The van der Waals surface area contributed by atoms with Gasteiger partial charge in [-0.15, -0.1) is 5.53 Å². The Bertz CT molecular complexity index is 451. The molecule has 19 heavy (non-hydrogen) atoms. The Labute approximate surface area is 113 Å². The van der Waals surface area contributed by atoms with E-state index in [1.807, 2.05) is 6.07 Å². The molecule has 1 aromatic rings. The number of nitrogens with one attached hydrogen (secondary N) is 3. The standard InChI is InChI=1S/C14H20N4O/c19-8-7-15-12-6-5-11(9-12)10-18-14-4-2-1-3-13(14)16-17-18/h1-4,8,11-12,15-17H,5-7,9-10H2/t11-,12+/m0/s1. The van der Waals surface area contributed by atoms with E-state index in [0.717, 1.165) is 24.9 Å². The van der Waals surface area contributed by atoms with Gasteiger partial charge in [-0.1, -0.05) is 12.1 Å². The number of hydrogen-bond donors (Lipinski definition) is 3. The van der Waals surface area contributed by atoms with Crippen molar-refractivity contribution in [2.24, 2.45) is 5.92 Å². The van der Waals surface area contributed by atoms with Gasteiger partial charge in [-0.2, -0.15) is 0 Å². The largest absolute Gasteiger partial charge is 0.307 e. The third kappa shape index (κ3) is 2.72. The zero-order chi connectivity index (χ0) is 13.1. The van der Waals surface area contributed by atoms with Crippen molar-refractivity contribution in [1.82, 2.24) is 10.9 Å². The lowest BCUT2D eigenvalue weighted by Gasteiger charge is -2.22. The fraction of sp³-hybridized carbons (Fsp3) is 0.500. The van der Waals surface area contributed by atoms with Gasteiger partial charge in [0.1, 0.15) is 6.29 Å². The number of carbonyl (C=O) groups excluding carboxylic acids is 1. The molecule has 3 rings (SSSR count). The molecular formula is C14H20N4O. The van der Waals surface area contributed by atoms with Crippen LogP contribution in [0.2, 0.25) is 0 Å². The molecule has 2 atom stereocenters. The van der Waals surface area contributed by atoms with Gasteiger partial charge in [0.2, 0.25) is 0 Å². The summed E-state index contributed by atoms with van der Waals surface area (Å²) in [7, 11) is 0. The highest BCUT2D eigenvalue weighted by molar-refractivity contribution is 5.72. The molecule has 0 spiro atoms. The molecule has 3 N–H and O–H groups in total. The highest BCUT2D eigenvalue weighted by Crippen LogP contribution is 2.32. The summed E-state index contributed by atoms with van der Waals surface area (Å²) in [6, 6.07) is 8.79. The molecule has 1 heterocycles. The van der Waals surface area contributed by atoms with Crippen LogP contribution in [0.5, 0.6) is 0 Å². The van der Waals surface area contributed by atoms with Crippen molar-refractivity contribution in [3.05, 3.63) is 24.3 Å². The predicted molar refractivity (Wildman–Crippen MR) is 75.7 cm³/mol. The van der Waals surface area contributed by atoms with E-state index in [1.165, 1.54) is 18.5 Å². The molecule has 0 radical (unpaired) electrons. The molecule has 5 nitrogen and oxygen atoms in total. The molecule has 1 saturated carbocycles. The summed E-state index contributed by atoms with van der Waals surface area (Å²) in [6.07, 6.45) is 4.47. The smallest absolute Gasteiger partial charge is 0.133 e. The molecule has 0 saturated heterocycles. The molecule has 0 bridgehead atoms. The zero-order valence-electron chi connectivity index (χ0n) is 10.9. The van der Waals surface area contributed by atoms with Crippen molar-refractivity contribution in [3.8, 4) is 0 Å². The fourth-order valence-corrected chi connectivity index (χ4v) is 3.05. The molecule has 5 heteroatoms. The number of carbonyl (C=O) groups is 1. The van der Waals surface area contributed by atoms with E-state index in [2.05, 4.69) is 39.5 Å². The topological polar surface area (TPSA) is 56.4 Å². The molecule has 2 aliphatic rings. The summed E-state index contributed by atoms with van der Waals surface area (Å²) < 4.78 is 0. The fourth-order valence-electron chi connectivity index (χ4n) is 3.05. The van der Waals surface area contributed by atoms with Gasteiger partial charge in [0, 0.05) is 12.6 Å². The van der Waals surface area contributed by atoms with Crippen molar-refractivity contribution in [1.29, 1.82) is 0 Å². The van der Waals surface area contributed by atoms with E-state index < -0.39 is 0 Å². The summed E-state index contributed by atoms with van der Waals surface area (Å²) in [4.78, 5) is 10.4. The van der Waals surface area contributed by atoms with Gasteiger partial charge >= 0.3 is 0 Å². The van der Waals surface area contributed by atoms with Crippen LogP contribution in [0.15, 0.2) is 24.3 Å². The van der Waals surface area contributed by atoms with Crippen LogP contribution in [0.1, 0.15) is 19.3 Å². The minimum atomic E-state index is 0.476. The van der Waals surface area contributed by atoms with Gasteiger partial charge in [0.25, 0.3) is 0 Å². The van der Waals surface area contributed by atoms with Crippen LogP contribution in [0.25, 0.3) is 0 Å². The first-order chi connectivity index (χ1) is 9.36. The Balaban J connectivity index is 1.55. The molecule has 1 aromatic carbocycles. The van der Waals surface area contributed by atoms with Crippen molar-refractivity contribution in [3.63, 3.8) is 0 Å². The third-order valence-electron chi connectivity index (χ3n) is 3.99. The Morgan fingerprint density at radius 3 is 3.16 bits per heavy atom. The van der Waals surface area contributed by atoms with Crippen LogP contribution in [0.3, 0.4) is 0 Å². The van der Waals surface area contributed by atoms with Crippen LogP contribution >= 0.6 is 0 Å². The second-order valence-corrected chi connectivity index (χ2v) is 5.32. The first-order valence-corrected chi connectivity index (χ1v) is 6.92. The average molecular weight is 260 g/mol. The van der Waals surface area contributed by atoms with Crippen molar-refractivity contribution >= 4 is 17.7 Å². The molecule has 1 fully saturated rings. The van der Waals surface area contributed by atoms with Gasteiger partial charge in [-0.3, -0.25) is 5.01 Å². The van der Waals surface area contributed by atoms with E-state index in [0.29, 0.717) is 18.5 Å². The molecule has 102 valence electrons. The maximum absolute atomic E-state index is 10.4. The van der Waals surface area contributed by atoms with Crippen molar-refractivity contribution in [2.45, 2.75) is 25.3 Å². The molecule has 1 aliphatic heterocycles. The Morgan fingerprint density at radius 2 is 2.26 bits per heavy atom. The number of anilines is 2. The van der Waals surface area contributed by atoms with E-state index in [1.54, 1.807) is 0 Å². The Hall–Kier alpha value is -1.59. The van der Waals surface area contributed by atoms with Crippen LogP contribution in [-0.4, -0.2) is 25.4 Å². The molecular weight excluding hydrogens is 240 g/mol. The van der Waals surface area contributed by atoms with Gasteiger partial charge in [-0.05, 0) is 37.3 Å². The summed E-state index contributed by atoms with van der Waals surface area (Å²) in [6.45, 7) is 1.48. The highest BCUT2D eigenvalue weighted by atomic mass is 16.1. The molecule has 1 aliphatic carbocycles. The van der Waals surface area contributed by atoms with Gasteiger partial charge in [0.15, 0.2) is 0 Å². The van der Waals surface area contributed by atoms with Gasteiger partial charge in [-0.25, -0.2) is 0 Å². The van der Waals surface area contributed by atoms with Gasteiger partial charge in [0.05, 0.1) is 17.9 Å². The van der Waals surface area contributed by atoms with E-state index in [9.17, 15) is 4.79 Å². The van der Waals surface area contributed by atoms with Gasteiger partial charge < -0.3 is 15.5 Å².